The molecule has 0 spiro atoms. The summed E-state index contributed by atoms with van der Waals surface area (Å²) in [6, 6.07) is -0.266. The minimum atomic E-state index is -0.502. The molecule has 1 saturated heterocycles. The Labute approximate surface area is 81.7 Å². The van der Waals surface area contributed by atoms with Crippen molar-refractivity contribution in [3.05, 3.63) is 11.9 Å². The van der Waals surface area contributed by atoms with Crippen LogP contribution in [-0.2, 0) is 4.74 Å². The minimum absolute atomic E-state index is 0.130. The van der Waals surface area contributed by atoms with E-state index in [4.69, 9.17) is 10.5 Å². The van der Waals surface area contributed by atoms with Crippen LogP contribution in [0.1, 0.15) is 24.7 Å². The van der Waals surface area contributed by atoms with Crippen LogP contribution in [-0.4, -0.2) is 39.4 Å². The summed E-state index contributed by atoms with van der Waals surface area (Å²) in [5, 5.41) is 17.4. The Balaban J connectivity index is 2.16. The maximum absolute atomic E-state index is 9.55. The van der Waals surface area contributed by atoms with E-state index in [2.05, 4.69) is 10.3 Å². The van der Waals surface area contributed by atoms with Crippen LogP contribution >= 0.6 is 0 Å². The van der Waals surface area contributed by atoms with Crippen LogP contribution in [0.15, 0.2) is 6.20 Å². The molecule has 0 radical (unpaired) electrons. The summed E-state index contributed by atoms with van der Waals surface area (Å²) in [5.41, 5.74) is 6.38. The Morgan fingerprint density at radius 2 is 2.50 bits per heavy atom. The number of aliphatic hydroxyl groups is 1. The molecule has 2 heterocycles. The molecule has 2 rings (SSSR count). The first kappa shape index (κ1) is 9.57. The molecule has 14 heavy (non-hydrogen) atoms. The van der Waals surface area contributed by atoms with E-state index in [-0.39, 0.29) is 12.1 Å². The summed E-state index contributed by atoms with van der Waals surface area (Å²) in [7, 11) is 0. The maximum atomic E-state index is 9.55. The van der Waals surface area contributed by atoms with Crippen molar-refractivity contribution in [3.63, 3.8) is 0 Å². The zero-order chi connectivity index (χ0) is 10.1. The van der Waals surface area contributed by atoms with Gasteiger partial charge in [0.25, 0.3) is 0 Å². The fourth-order valence-electron chi connectivity index (χ4n) is 1.45. The third kappa shape index (κ3) is 1.63. The highest BCUT2D eigenvalue weighted by Crippen LogP contribution is 2.19. The van der Waals surface area contributed by atoms with E-state index in [1.807, 2.05) is 6.92 Å². The fourth-order valence-corrected chi connectivity index (χ4v) is 1.45. The quantitative estimate of drug-likeness (QED) is 0.651. The summed E-state index contributed by atoms with van der Waals surface area (Å²) >= 11 is 0. The molecular weight excluding hydrogens is 184 g/mol. The average Bonchev–Trinajstić information content (AvgIpc) is 2.71. The second-order valence-electron chi connectivity index (χ2n) is 3.58. The zero-order valence-corrected chi connectivity index (χ0v) is 8.00. The highest BCUT2D eigenvalue weighted by Gasteiger charge is 2.28. The first-order valence-corrected chi connectivity index (χ1v) is 4.61. The molecule has 6 nitrogen and oxygen atoms in total. The van der Waals surface area contributed by atoms with Crippen LogP contribution in [0.4, 0.5) is 0 Å². The lowest BCUT2D eigenvalue weighted by molar-refractivity contribution is 0.117. The van der Waals surface area contributed by atoms with Crippen molar-refractivity contribution in [2.75, 3.05) is 13.2 Å². The van der Waals surface area contributed by atoms with Crippen molar-refractivity contribution >= 4 is 0 Å². The maximum Gasteiger partial charge on any atom is 0.105 e. The molecule has 1 aromatic rings. The predicted molar refractivity (Wildman–Crippen MR) is 48.5 cm³/mol. The topological polar surface area (TPSA) is 86.2 Å². The molecule has 78 valence electrons. The number of nitrogens with zero attached hydrogens (tertiary/aromatic N) is 3. The Kier molecular flexibility index (Phi) is 2.49. The van der Waals surface area contributed by atoms with Gasteiger partial charge in [-0.15, -0.1) is 5.10 Å². The molecule has 0 bridgehead atoms. The van der Waals surface area contributed by atoms with Gasteiger partial charge in [0, 0.05) is 6.04 Å². The summed E-state index contributed by atoms with van der Waals surface area (Å²) in [6.45, 7) is 2.68. The lowest BCUT2D eigenvalue weighted by Gasteiger charge is -2.11. The third-order valence-corrected chi connectivity index (χ3v) is 2.36. The second kappa shape index (κ2) is 3.64. The number of nitrogens with two attached hydrogens (primary N) is 1. The van der Waals surface area contributed by atoms with Crippen molar-refractivity contribution in [1.82, 2.24) is 15.0 Å². The Morgan fingerprint density at radius 1 is 1.71 bits per heavy atom. The van der Waals surface area contributed by atoms with E-state index in [9.17, 15) is 5.11 Å². The number of aromatic nitrogens is 3. The van der Waals surface area contributed by atoms with Crippen LogP contribution in [0.2, 0.25) is 0 Å². The number of aliphatic hydroxyl groups excluding tert-OH is 1. The van der Waals surface area contributed by atoms with Gasteiger partial charge in [0.15, 0.2) is 0 Å². The van der Waals surface area contributed by atoms with E-state index in [1.54, 1.807) is 10.9 Å². The van der Waals surface area contributed by atoms with Crippen LogP contribution < -0.4 is 5.73 Å². The molecule has 0 amide bonds. The van der Waals surface area contributed by atoms with Gasteiger partial charge in [-0.3, -0.25) is 0 Å². The van der Waals surface area contributed by atoms with Gasteiger partial charge in [0.2, 0.25) is 0 Å². The molecular formula is C8H14N4O2. The van der Waals surface area contributed by atoms with E-state index in [0.717, 1.165) is 5.69 Å². The molecule has 3 atom stereocenters. The third-order valence-electron chi connectivity index (χ3n) is 2.36. The van der Waals surface area contributed by atoms with Crippen LogP contribution in [0, 0.1) is 0 Å². The van der Waals surface area contributed by atoms with Gasteiger partial charge >= 0.3 is 0 Å². The van der Waals surface area contributed by atoms with Gasteiger partial charge in [0.05, 0.1) is 25.1 Å². The molecule has 2 unspecified atom stereocenters. The van der Waals surface area contributed by atoms with Crippen molar-refractivity contribution in [1.29, 1.82) is 0 Å². The predicted octanol–water partition coefficient (Wildman–Crippen LogP) is -0.770. The molecule has 0 saturated carbocycles. The highest BCUT2D eigenvalue weighted by molar-refractivity contribution is 4.99. The fraction of sp³-hybridized carbons (Fsp3) is 0.750. The molecule has 1 aliphatic rings. The van der Waals surface area contributed by atoms with E-state index < -0.39 is 6.10 Å². The van der Waals surface area contributed by atoms with Crippen molar-refractivity contribution in [3.8, 4) is 0 Å². The SMILES string of the molecule is C[C@H](N)c1cn(C2COCC2O)nn1. The summed E-state index contributed by atoms with van der Waals surface area (Å²) < 4.78 is 6.75. The number of hydrogen-bond acceptors (Lipinski definition) is 5. The van der Waals surface area contributed by atoms with Gasteiger partial charge in [-0.25, -0.2) is 4.68 Å². The average molecular weight is 198 g/mol. The summed E-state index contributed by atoms with van der Waals surface area (Å²) in [5.74, 6) is 0. The standard InChI is InChI=1S/C8H14N4O2/c1-5(9)6-2-12(11-10-6)7-3-14-4-8(7)13/h2,5,7-8,13H,3-4,9H2,1H3/t5-,7?,8?/m0/s1. The van der Waals surface area contributed by atoms with E-state index in [0.29, 0.717) is 13.2 Å². The minimum Gasteiger partial charge on any atom is -0.388 e. The molecule has 0 aromatic carbocycles. The Morgan fingerprint density at radius 3 is 3.00 bits per heavy atom. The first-order chi connectivity index (χ1) is 6.68. The van der Waals surface area contributed by atoms with Gasteiger partial charge in [-0.2, -0.15) is 0 Å². The number of rotatable bonds is 2. The molecule has 1 fully saturated rings. The first-order valence-electron chi connectivity index (χ1n) is 4.61. The van der Waals surface area contributed by atoms with Crippen LogP contribution in [0.3, 0.4) is 0 Å². The molecule has 1 aromatic heterocycles. The largest absolute Gasteiger partial charge is 0.388 e. The van der Waals surface area contributed by atoms with Crippen LogP contribution in [0.25, 0.3) is 0 Å². The molecule has 0 aliphatic carbocycles. The smallest absolute Gasteiger partial charge is 0.105 e. The van der Waals surface area contributed by atoms with Gasteiger partial charge in [-0.1, -0.05) is 5.21 Å². The van der Waals surface area contributed by atoms with Crippen molar-refractivity contribution < 1.29 is 9.84 Å². The zero-order valence-electron chi connectivity index (χ0n) is 8.00. The normalized spacial score (nSPS) is 29.4. The highest BCUT2D eigenvalue weighted by atomic mass is 16.5. The van der Waals surface area contributed by atoms with Gasteiger partial charge < -0.3 is 15.6 Å². The number of ether oxygens (including phenoxy) is 1. The van der Waals surface area contributed by atoms with Gasteiger partial charge in [0.1, 0.15) is 12.1 Å². The second-order valence-corrected chi connectivity index (χ2v) is 3.58. The Bertz CT molecular complexity index is 312. The van der Waals surface area contributed by atoms with Gasteiger partial charge in [-0.05, 0) is 6.92 Å². The lowest BCUT2D eigenvalue weighted by atomic mass is 10.2. The van der Waals surface area contributed by atoms with Crippen molar-refractivity contribution in [2.24, 2.45) is 5.73 Å². The molecule has 6 heteroatoms. The monoisotopic (exact) mass is 198 g/mol. The molecule has 1 aliphatic heterocycles. The number of hydrogen-bond donors (Lipinski definition) is 2. The summed E-state index contributed by atoms with van der Waals surface area (Å²) in [4.78, 5) is 0. The van der Waals surface area contributed by atoms with Crippen LogP contribution in [0.5, 0.6) is 0 Å². The van der Waals surface area contributed by atoms with E-state index >= 15 is 0 Å². The molecule has 3 N–H and O–H groups in total. The van der Waals surface area contributed by atoms with Crippen molar-refractivity contribution in [2.45, 2.75) is 25.1 Å². The van der Waals surface area contributed by atoms with E-state index in [1.165, 1.54) is 0 Å². The summed E-state index contributed by atoms with van der Waals surface area (Å²) in [6.07, 6.45) is 1.25. The Hall–Kier alpha value is -0.980. The lowest BCUT2D eigenvalue weighted by Crippen LogP contribution is -2.22.